The van der Waals surface area contributed by atoms with Gasteiger partial charge in [0.2, 0.25) is 0 Å². The first-order chi connectivity index (χ1) is 11.0. The normalized spacial score (nSPS) is 11.7. The van der Waals surface area contributed by atoms with Gasteiger partial charge >= 0.3 is 0 Å². The lowest BCUT2D eigenvalue weighted by Crippen LogP contribution is -2.32. The van der Waals surface area contributed by atoms with Gasteiger partial charge in [-0.05, 0) is 49.6 Å². The summed E-state index contributed by atoms with van der Waals surface area (Å²) in [4.78, 5) is 12.5. The Morgan fingerprint density at radius 2 is 1.83 bits per heavy atom. The summed E-state index contributed by atoms with van der Waals surface area (Å²) in [5, 5.41) is 2.96. The third-order valence-electron chi connectivity index (χ3n) is 3.85. The molecule has 122 valence electrons. The quantitative estimate of drug-likeness (QED) is 0.873. The van der Waals surface area contributed by atoms with Crippen molar-refractivity contribution in [3.8, 4) is 11.5 Å². The van der Waals surface area contributed by atoms with Crippen molar-refractivity contribution in [2.75, 3.05) is 12.4 Å². The van der Waals surface area contributed by atoms with Crippen molar-refractivity contribution < 1.29 is 14.3 Å². The maximum absolute atomic E-state index is 12.5. The number of carbonyl (C=O) groups excluding carboxylic acids is 1. The van der Waals surface area contributed by atoms with Crippen molar-refractivity contribution in [1.29, 1.82) is 0 Å². The van der Waals surface area contributed by atoms with Gasteiger partial charge in [-0.1, -0.05) is 25.1 Å². The number of anilines is 1. The first-order valence-corrected chi connectivity index (χ1v) is 7.73. The van der Waals surface area contributed by atoms with Crippen molar-refractivity contribution in [2.45, 2.75) is 33.3 Å². The highest BCUT2D eigenvalue weighted by atomic mass is 16.5. The molecule has 0 aromatic heterocycles. The molecule has 0 bridgehead atoms. The van der Waals surface area contributed by atoms with Crippen LogP contribution in [0.4, 0.5) is 5.69 Å². The van der Waals surface area contributed by atoms with E-state index in [0.29, 0.717) is 17.9 Å². The summed E-state index contributed by atoms with van der Waals surface area (Å²) >= 11 is 0. The molecule has 0 saturated carbocycles. The molecule has 0 fully saturated rings. The number of aryl methyl sites for hydroxylation is 1. The first kappa shape index (κ1) is 16.9. The van der Waals surface area contributed by atoms with Crippen molar-refractivity contribution in [3.05, 3.63) is 53.6 Å². The topological polar surface area (TPSA) is 47.6 Å². The average molecular weight is 313 g/mol. The first-order valence-electron chi connectivity index (χ1n) is 7.73. The zero-order chi connectivity index (χ0) is 16.8. The second kappa shape index (κ2) is 7.68. The molecule has 2 aromatic rings. The van der Waals surface area contributed by atoms with E-state index in [9.17, 15) is 4.79 Å². The van der Waals surface area contributed by atoms with Crippen molar-refractivity contribution >= 4 is 11.6 Å². The van der Waals surface area contributed by atoms with E-state index in [4.69, 9.17) is 9.47 Å². The minimum Gasteiger partial charge on any atom is -0.497 e. The summed E-state index contributed by atoms with van der Waals surface area (Å²) < 4.78 is 11.0. The molecule has 2 aromatic carbocycles. The number of ether oxygens (including phenoxy) is 2. The molecule has 0 aliphatic heterocycles. The number of hydrogen-bond acceptors (Lipinski definition) is 3. The molecule has 1 amide bonds. The van der Waals surface area contributed by atoms with Gasteiger partial charge in [0.15, 0.2) is 6.10 Å². The minimum atomic E-state index is -0.554. The number of benzene rings is 2. The van der Waals surface area contributed by atoms with Gasteiger partial charge in [0.1, 0.15) is 11.5 Å². The Balaban J connectivity index is 2.10. The predicted molar refractivity (Wildman–Crippen MR) is 92.2 cm³/mol. The fraction of sp³-hybridized carbons (Fsp3) is 0.316. The Morgan fingerprint density at radius 3 is 2.52 bits per heavy atom. The predicted octanol–water partition coefficient (Wildman–Crippen LogP) is 4.11. The van der Waals surface area contributed by atoms with E-state index in [1.54, 1.807) is 13.2 Å². The van der Waals surface area contributed by atoms with Gasteiger partial charge in [-0.3, -0.25) is 4.79 Å². The van der Waals surface area contributed by atoms with Crippen LogP contribution in [-0.4, -0.2) is 19.1 Å². The number of carbonyl (C=O) groups is 1. The summed E-state index contributed by atoms with van der Waals surface area (Å²) in [6, 6.07) is 13.1. The average Bonchev–Trinajstić information content (AvgIpc) is 2.57. The van der Waals surface area contributed by atoms with Crippen LogP contribution in [0.1, 0.15) is 24.5 Å². The molecule has 1 N–H and O–H groups in total. The van der Waals surface area contributed by atoms with Gasteiger partial charge in [0, 0.05) is 11.8 Å². The third-order valence-corrected chi connectivity index (χ3v) is 3.85. The highest BCUT2D eigenvalue weighted by Gasteiger charge is 2.19. The maximum atomic E-state index is 12.5. The molecular formula is C19H23NO3. The molecule has 0 aliphatic carbocycles. The number of rotatable bonds is 6. The molecule has 0 heterocycles. The lowest BCUT2D eigenvalue weighted by molar-refractivity contribution is -0.122. The Bertz CT molecular complexity index is 682. The Morgan fingerprint density at radius 1 is 1.13 bits per heavy atom. The van der Waals surface area contributed by atoms with E-state index in [1.165, 1.54) is 0 Å². The molecule has 4 nitrogen and oxygen atoms in total. The molecule has 0 spiro atoms. The molecule has 0 saturated heterocycles. The van der Waals surface area contributed by atoms with Crippen molar-refractivity contribution in [1.82, 2.24) is 0 Å². The van der Waals surface area contributed by atoms with Crippen LogP contribution >= 0.6 is 0 Å². The highest BCUT2D eigenvalue weighted by molar-refractivity contribution is 5.95. The fourth-order valence-electron chi connectivity index (χ4n) is 2.26. The fourth-order valence-corrected chi connectivity index (χ4v) is 2.26. The maximum Gasteiger partial charge on any atom is 0.265 e. The highest BCUT2D eigenvalue weighted by Crippen LogP contribution is 2.22. The molecule has 0 aliphatic rings. The molecule has 4 heteroatoms. The number of hydrogen-bond donors (Lipinski definition) is 1. The molecule has 0 radical (unpaired) electrons. The van der Waals surface area contributed by atoms with Crippen LogP contribution in [0, 0.1) is 13.8 Å². The van der Waals surface area contributed by atoms with Crippen LogP contribution in [0.3, 0.4) is 0 Å². The Hall–Kier alpha value is -2.49. The summed E-state index contributed by atoms with van der Waals surface area (Å²) in [5.41, 5.74) is 3.03. The summed E-state index contributed by atoms with van der Waals surface area (Å²) in [6.45, 7) is 5.94. The Labute approximate surface area is 137 Å². The van der Waals surface area contributed by atoms with Crippen LogP contribution in [0.25, 0.3) is 0 Å². The summed E-state index contributed by atoms with van der Waals surface area (Å²) in [7, 11) is 1.60. The van der Waals surface area contributed by atoms with E-state index < -0.39 is 6.10 Å². The van der Waals surface area contributed by atoms with Gasteiger partial charge in [-0.15, -0.1) is 0 Å². The van der Waals surface area contributed by atoms with Gasteiger partial charge in [0.05, 0.1) is 7.11 Å². The zero-order valence-corrected chi connectivity index (χ0v) is 14.1. The van der Waals surface area contributed by atoms with Crippen molar-refractivity contribution in [2.24, 2.45) is 0 Å². The Kier molecular flexibility index (Phi) is 5.63. The van der Waals surface area contributed by atoms with Gasteiger partial charge in [-0.2, -0.15) is 0 Å². The minimum absolute atomic E-state index is 0.149. The molecular weight excluding hydrogens is 290 g/mol. The van der Waals surface area contributed by atoms with Crippen LogP contribution in [0.2, 0.25) is 0 Å². The largest absolute Gasteiger partial charge is 0.497 e. The SMILES string of the molecule is CCC(Oc1cccc(OC)c1)C(=O)Nc1cccc(C)c1C. The van der Waals surface area contributed by atoms with Crippen LogP contribution in [0.15, 0.2) is 42.5 Å². The third kappa shape index (κ3) is 4.25. The van der Waals surface area contributed by atoms with Crippen LogP contribution in [0.5, 0.6) is 11.5 Å². The van der Waals surface area contributed by atoms with Gasteiger partial charge in [0.25, 0.3) is 5.91 Å². The standard InChI is InChI=1S/C19H23NO3/c1-5-18(23-16-10-7-9-15(12-16)22-4)19(21)20-17-11-6-8-13(2)14(17)3/h6-12,18H,5H2,1-4H3,(H,20,21). The zero-order valence-electron chi connectivity index (χ0n) is 14.1. The van der Waals surface area contributed by atoms with E-state index in [1.807, 2.05) is 57.2 Å². The summed E-state index contributed by atoms with van der Waals surface area (Å²) in [5.74, 6) is 1.17. The van der Waals surface area contributed by atoms with E-state index in [-0.39, 0.29) is 5.91 Å². The summed E-state index contributed by atoms with van der Waals surface area (Å²) in [6.07, 6.45) is 0.0236. The smallest absolute Gasteiger partial charge is 0.265 e. The van der Waals surface area contributed by atoms with Crippen LogP contribution in [-0.2, 0) is 4.79 Å². The van der Waals surface area contributed by atoms with Gasteiger partial charge in [-0.25, -0.2) is 0 Å². The van der Waals surface area contributed by atoms with Gasteiger partial charge < -0.3 is 14.8 Å². The van der Waals surface area contributed by atoms with E-state index in [0.717, 1.165) is 16.8 Å². The molecule has 2 rings (SSSR count). The molecule has 1 unspecified atom stereocenters. The molecule has 23 heavy (non-hydrogen) atoms. The second-order valence-corrected chi connectivity index (χ2v) is 5.43. The number of methoxy groups -OCH3 is 1. The van der Waals surface area contributed by atoms with Crippen molar-refractivity contribution in [3.63, 3.8) is 0 Å². The lowest BCUT2D eigenvalue weighted by Gasteiger charge is -2.19. The van der Waals surface area contributed by atoms with E-state index >= 15 is 0 Å². The number of amides is 1. The monoisotopic (exact) mass is 313 g/mol. The van der Waals surface area contributed by atoms with E-state index in [2.05, 4.69) is 5.32 Å². The second-order valence-electron chi connectivity index (χ2n) is 5.43. The molecule has 1 atom stereocenters. The lowest BCUT2D eigenvalue weighted by atomic mass is 10.1. The van der Waals surface area contributed by atoms with Crippen LogP contribution < -0.4 is 14.8 Å². The number of nitrogens with one attached hydrogen (secondary N) is 1.